The monoisotopic (exact) mass is 786 g/mol. The van der Waals surface area contributed by atoms with Gasteiger partial charge in [0.05, 0.1) is 0 Å². The maximum Gasteiger partial charge on any atom is 0.143 e. The summed E-state index contributed by atoms with van der Waals surface area (Å²) in [5.41, 5.74) is 10.7. The molecule has 0 fully saturated rings. The summed E-state index contributed by atoms with van der Waals surface area (Å²) in [5.74, 6) is 0. The van der Waals surface area contributed by atoms with Gasteiger partial charge in [-0.25, -0.2) is 0 Å². The van der Waals surface area contributed by atoms with Gasteiger partial charge in [0.1, 0.15) is 22.3 Å². The first-order valence-electron chi connectivity index (χ1n) is 21.3. The summed E-state index contributed by atoms with van der Waals surface area (Å²) in [6.45, 7) is 0. The molecule has 0 spiro atoms. The average Bonchev–Trinajstić information content (AvgIpc) is 3.90. The number of hydrogen-bond donors (Lipinski definition) is 0. The molecular weight excluding hydrogens is 753 g/mol. The predicted molar refractivity (Wildman–Crippen MR) is 262 cm³/mol. The van der Waals surface area contributed by atoms with E-state index in [0.717, 1.165) is 66.0 Å². The molecule has 0 unspecified atom stereocenters. The molecule has 14 aromatic rings. The predicted octanol–water partition coefficient (Wildman–Crippen LogP) is 17.4. The summed E-state index contributed by atoms with van der Waals surface area (Å²) in [7, 11) is 0. The molecule has 0 amide bonds. The molecule has 2 nitrogen and oxygen atoms in total. The van der Waals surface area contributed by atoms with Crippen molar-refractivity contribution in [2.45, 2.75) is 0 Å². The van der Waals surface area contributed by atoms with Gasteiger partial charge in [-0.05, 0) is 135 Å². The van der Waals surface area contributed by atoms with E-state index in [1.54, 1.807) is 0 Å². The molecule has 0 aliphatic rings. The first kappa shape index (κ1) is 33.6. The van der Waals surface area contributed by atoms with Crippen molar-refractivity contribution < 1.29 is 8.83 Å². The minimum Gasteiger partial charge on any atom is -0.456 e. The van der Waals surface area contributed by atoms with Gasteiger partial charge in [0.15, 0.2) is 0 Å². The average molecular weight is 787 g/mol. The van der Waals surface area contributed by atoms with Gasteiger partial charge in [0.25, 0.3) is 0 Å². The second-order valence-electron chi connectivity index (χ2n) is 16.7. The molecule has 0 aliphatic carbocycles. The second-order valence-corrected chi connectivity index (χ2v) is 16.7. The Labute approximate surface area is 355 Å². The summed E-state index contributed by atoms with van der Waals surface area (Å²) < 4.78 is 13.5. The molecule has 0 N–H and O–H groups in total. The largest absolute Gasteiger partial charge is 0.456 e. The van der Waals surface area contributed by atoms with Crippen LogP contribution >= 0.6 is 0 Å². The third kappa shape index (κ3) is 4.75. The summed E-state index contributed by atoms with van der Waals surface area (Å²) in [4.78, 5) is 0. The Bertz CT molecular complexity index is 4160. The van der Waals surface area contributed by atoms with Gasteiger partial charge in [0, 0.05) is 26.9 Å². The Morgan fingerprint density at radius 2 is 0.806 bits per heavy atom. The van der Waals surface area contributed by atoms with E-state index in [1.165, 1.54) is 75.9 Å². The summed E-state index contributed by atoms with van der Waals surface area (Å²) in [6, 6.07) is 75.0. The van der Waals surface area contributed by atoms with Crippen LogP contribution in [0.25, 0.3) is 142 Å². The number of furan rings is 2. The van der Waals surface area contributed by atoms with Crippen molar-refractivity contribution >= 4 is 109 Å². The van der Waals surface area contributed by atoms with Crippen LogP contribution in [-0.2, 0) is 0 Å². The van der Waals surface area contributed by atoms with E-state index < -0.39 is 0 Å². The lowest BCUT2D eigenvalue weighted by atomic mass is 9.85. The zero-order valence-electron chi connectivity index (χ0n) is 33.4. The van der Waals surface area contributed by atoms with Crippen LogP contribution in [0.15, 0.2) is 215 Å². The highest BCUT2D eigenvalue weighted by molar-refractivity contribution is 6.31. The first-order chi connectivity index (χ1) is 30.7. The topological polar surface area (TPSA) is 26.3 Å². The Hall–Kier alpha value is -8.20. The van der Waals surface area contributed by atoms with E-state index in [1.807, 2.05) is 0 Å². The van der Waals surface area contributed by atoms with Gasteiger partial charge in [-0.15, -0.1) is 0 Å². The van der Waals surface area contributed by atoms with Gasteiger partial charge < -0.3 is 8.83 Å². The van der Waals surface area contributed by atoms with Crippen molar-refractivity contribution in [1.29, 1.82) is 0 Å². The third-order valence-electron chi connectivity index (χ3n) is 13.4. The number of rotatable bonds is 3. The summed E-state index contributed by atoms with van der Waals surface area (Å²) >= 11 is 0. The highest BCUT2D eigenvalue weighted by Crippen LogP contribution is 2.47. The van der Waals surface area contributed by atoms with Gasteiger partial charge >= 0.3 is 0 Å². The zero-order chi connectivity index (χ0) is 40.5. The normalized spacial score (nSPS) is 12.2. The fourth-order valence-corrected chi connectivity index (χ4v) is 10.6. The van der Waals surface area contributed by atoms with E-state index in [4.69, 9.17) is 8.83 Å². The molecule has 12 aromatic carbocycles. The minimum atomic E-state index is 0.876. The maximum atomic E-state index is 6.82. The lowest BCUT2D eigenvalue weighted by molar-refractivity contribution is 0.669. The van der Waals surface area contributed by atoms with Crippen molar-refractivity contribution in [2.75, 3.05) is 0 Å². The molecule has 62 heavy (non-hydrogen) atoms. The standard InChI is InChI=1S/C60H34O2/c1-2-13-36-30-39(25-24-35(36)12-1)57-46-18-6-8-20-48(46)58(49-21-9-7-19-47(49)57)40-26-28-44-52-31-38(27-29-54(52)61-55(44)33-40)41-23-11-14-37-32-53-56(34-51(37)41)62-60-50-22-10-4-16-43(50)42-15-3-5-17-45(42)59(53)60/h1-34H. The quantitative estimate of drug-likeness (QED) is 0.132. The zero-order valence-corrected chi connectivity index (χ0v) is 33.4. The Morgan fingerprint density at radius 3 is 1.55 bits per heavy atom. The van der Waals surface area contributed by atoms with Crippen molar-refractivity contribution in [1.82, 2.24) is 0 Å². The van der Waals surface area contributed by atoms with Crippen LogP contribution in [0.1, 0.15) is 0 Å². The highest BCUT2D eigenvalue weighted by Gasteiger charge is 2.20. The van der Waals surface area contributed by atoms with Crippen LogP contribution in [-0.4, -0.2) is 0 Å². The highest BCUT2D eigenvalue weighted by atomic mass is 16.3. The van der Waals surface area contributed by atoms with Crippen LogP contribution in [0.4, 0.5) is 0 Å². The summed E-state index contributed by atoms with van der Waals surface area (Å²) in [6.07, 6.45) is 0. The van der Waals surface area contributed by atoms with Crippen molar-refractivity contribution in [3.63, 3.8) is 0 Å². The van der Waals surface area contributed by atoms with Crippen LogP contribution in [0.2, 0.25) is 0 Å². The lowest BCUT2D eigenvalue weighted by Crippen LogP contribution is -1.91. The van der Waals surface area contributed by atoms with Crippen molar-refractivity contribution in [3.8, 4) is 33.4 Å². The Kier molecular flexibility index (Phi) is 6.86. The molecule has 0 saturated carbocycles. The molecule has 2 aromatic heterocycles. The van der Waals surface area contributed by atoms with Crippen LogP contribution in [0, 0.1) is 0 Å². The number of hydrogen-bond acceptors (Lipinski definition) is 2. The number of benzene rings is 12. The first-order valence-corrected chi connectivity index (χ1v) is 21.3. The molecule has 0 bridgehead atoms. The molecule has 2 heteroatoms. The SMILES string of the molecule is c1ccc2cc(-c3c4ccccc4c(-c4ccc5c(c4)oc4ccc(-c6cccc7cc8c(cc67)oc6c7ccccc7c7ccccc7c86)cc45)c4ccccc34)ccc2c1. The molecule has 286 valence electrons. The van der Waals surface area contributed by atoms with E-state index in [2.05, 4.69) is 206 Å². The smallest absolute Gasteiger partial charge is 0.143 e. The molecule has 14 rings (SSSR count). The van der Waals surface area contributed by atoms with E-state index in [0.29, 0.717) is 0 Å². The van der Waals surface area contributed by atoms with Gasteiger partial charge in [0.2, 0.25) is 0 Å². The van der Waals surface area contributed by atoms with Crippen LogP contribution < -0.4 is 0 Å². The fraction of sp³-hybridized carbons (Fsp3) is 0. The molecule has 0 aliphatic heterocycles. The van der Waals surface area contributed by atoms with Crippen molar-refractivity contribution in [2.24, 2.45) is 0 Å². The van der Waals surface area contributed by atoms with Gasteiger partial charge in [-0.1, -0.05) is 164 Å². The van der Waals surface area contributed by atoms with Gasteiger partial charge in [-0.2, -0.15) is 0 Å². The summed E-state index contributed by atoms with van der Waals surface area (Å²) in [5, 5.41) is 19.1. The van der Waals surface area contributed by atoms with E-state index in [-0.39, 0.29) is 0 Å². The molecule has 0 saturated heterocycles. The Morgan fingerprint density at radius 1 is 0.242 bits per heavy atom. The molecule has 0 radical (unpaired) electrons. The lowest BCUT2D eigenvalue weighted by Gasteiger charge is -2.18. The number of fused-ring (bicyclic) bond motifs is 15. The minimum absolute atomic E-state index is 0.876. The third-order valence-corrected chi connectivity index (χ3v) is 13.4. The second kappa shape index (κ2) is 12.7. The molecular formula is C60H34O2. The van der Waals surface area contributed by atoms with Crippen LogP contribution in [0.3, 0.4) is 0 Å². The van der Waals surface area contributed by atoms with Crippen molar-refractivity contribution in [3.05, 3.63) is 206 Å². The maximum absolute atomic E-state index is 6.82. The Balaban J connectivity index is 0.927. The van der Waals surface area contributed by atoms with Gasteiger partial charge in [-0.3, -0.25) is 0 Å². The van der Waals surface area contributed by atoms with Crippen LogP contribution in [0.5, 0.6) is 0 Å². The van der Waals surface area contributed by atoms with E-state index in [9.17, 15) is 0 Å². The molecule has 0 atom stereocenters. The van der Waals surface area contributed by atoms with E-state index >= 15 is 0 Å². The molecule has 2 heterocycles. The fourth-order valence-electron chi connectivity index (χ4n) is 10.6.